The summed E-state index contributed by atoms with van der Waals surface area (Å²) in [5.41, 5.74) is 4.81. The molecule has 2 aromatic rings. The second kappa shape index (κ2) is 18.2. The van der Waals surface area contributed by atoms with Crippen LogP contribution in [0, 0.1) is 18.8 Å². The number of carboxylic acid groups (broad SMARTS) is 1. The summed E-state index contributed by atoms with van der Waals surface area (Å²) in [6.45, 7) is 4.29. The summed E-state index contributed by atoms with van der Waals surface area (Å²) in [5.74, 6) is 3.18. The number of aliphatic carboxylic acids is 1. The van der Waals surface area contributed by atoms with Gasteiger partial charge in [-0.3, -0.25) is 4.79 Å². The van der Waals surface area contributed by atoms with Crippen LogP contribution in [-0.2, 0) is 11.2 Å². The zero-order chi connectivity index (χ0) is 27.3. The molecule has 0 saturated heterocycles. The van der Waals surface area contributed by atoms with Crippen LogP contribution in [0.4, 0.5) is 0 Å². The van der Waals surface area contributed by atoms with Gasteiger partial charge in [-0.25, -0.2) is 4.79 Å². The molecule has 39 heavy (non-hydrogen) atoms. The fraction of sp³-hybridized carbons (Fsp3) is 0.562. The van der Waals surface area contributed by atoms with E-state index in [1.807, 2.05) is 36.2 Å². The molecule has 1 fully saturated rings. The monoisotopic (exact) mass is 563 g/mol. The first-order valence-corrected chi connectivity index (χ1v) is 16.8. The third-order valence-electron chi connectivity index (χ3n) is 7.77. The average molecular weight is 564 g/mol. The van der Waals surface area contributed by atoms with Gasteiger partial charge in [0, 0.05) is 5.56 Å². The maximum absolute atomic E-state index is 13.4. The molecule has 2 aromatic carbocycles. The minimum atomic E-state index is -0.990. The number of thioether (sulfide) groups is 2. The number of benzene rings is 2. The largest absolute Gasteiger partial charge is 1.00 e. The smallest absolute Gasteiger partial charge is 1.00 e. The molecule has 210 valence electrons. The number of nitrogens with one attached hydrogen (secondary N) is 1. The quantitative estimate of drug-likeness (QED) is 0.299. The Morgan fingerprint density at radius 3 is 2.49 bits per heavy atom. The van der Waals surface area contributed by atoms with Gasteiger partial charge in [0.1, 0.15) is 6.04 Å². The van der Waals surface area contributed by atoms with Crippen molar-refractivity contribution in [1.82, 2.24) is 5.32 Å². The standard InChI is InChI=1S/C32H45NO3S2.Li.H/c1-4-38-22-26(15-14-24-11-6-5-7-12-24)20-25-16-17-28(29(21-25)27-13-9-8-10-23(27)2)31(34)33-30(32(35)36)18-19-37-3;;/h8-10,13,16-17,21,24,26,30H,4-7,11-12,14-15,18-20,22H2,1-3H3,(H,33,34)(H,35,36);;/q;+1;-1/t26?,30-;;/m0../s1. The topological polar surface area (TPSA) is 66.4 Å². The summed E-state index contributed by atoms with van der Waals surface area (Å²) in [4.78, 5) is 25.2. The molecule has 0 aliphatic heterocycles. The zero-order valence-electron chi connectivity index (χ0n) is 25.3. The van der Waals surface area contributed by atoms with E-state index < -0.39 is 12.0 Å². The van der Waals surface area contributed by atoms with Crippen molar-refractivity contribution in [3.63, 3.8) is 0 Å². The van der Waals surface area contributed by atoms with Crippen molar-refractivity contribution in [3.8, 4) is 11.1 Å². The van der Waals surface area contributed by atoms with E-state index in [0.717, 1.165) is 34.8 Å². The molecule has 1 aliphatic rings. The number of carbonyl (C=O) groups is 2. The van der Waals surface area contributed by atoms with Crippen LogP contribution in [0.2, 0.25) is 0 Å². The maximum atomic E-state index is 13.4. The molecule has 2 atom stereocenters. The molecular formula is C32H46LiNO3S2. The molecule has 0 bridgehead atoms. The van der Waals surface area contributed by atoms with Gasteiger partial charge in [-0.2, -0.15) is 23.5 Å². The van der Waals surface area contributed by atoms with Crippen molar-refractivity contribution in [2.45, 2.75) is 77.7 Å². The van der Waals surface area contributed by atoms with Crippen LogP contribution in [0.3, 0.4) is 0 Å². The molecule has 3 rings (SSSR count). The van der Waals surface area contributed by atoms with E-state index in [0.29, 0.717) is 23.7 Å². The molecular weight excluding hydrogens is 517 g/mol. The number of carbonyl (C=O) groups excluding carboxylic acids is 1. The van der Waals surface area contributed by atoms with E-state index in [2.05, 4.69) is 43.4 Å². The molecule has 7 heteroatoms. The second-order valence-corrected chi connectivity index (χ2v) is 13.0. The Balaban J connectivity index is 0.00000400. The third-order valence-corrected chi connectivity index (χ3v) is 9.53. The van der Waals surface area contributed by atoms with Crippen LogP contribution in [0.5, 0.6) is 0 Å². The van der Waals surface area contributed by atoms with Crippen molar-refractivity contribution in [2.24, 2.45) is 11.8 Å². The Labute approximate surface area is 257 Å². The van der Waals surface area contributed by atoms with Gasteiger partial charge in [0.15, 0.2) is 0 Å². The predicted molar refractivity (Wildman–Crippen MR) is 166 cm³/mol. The Bertz CT molecular complexity index is 1050. The van der Waals surface area contributed by atoms with Crippen LogP contribution < -0.4 is 24.2 Å². The van der Waals surface area contributed by atoms with Crippen molar-refractivity contribution < 1.29 is 35.0 Å². The van der Waals surface area contributed by atoms with E-state index >= 15 is 0 Å². The van der Waals surface area contributed by atoms with Gasteiger partial charge < -0.3 is 11.8 Å². The van der Waals surface area contributed by atoms with Crippen LogP contribution in [-0.4, -0.2) is 46.5 Å². The molecule has 0 radical (unpaired) electrons. The zero-order valence-corrected chi connectivity index (χ0v) is 26.0. The molecule has 1 aliphatic carbocycles. The van der Waals surface area contributed by atoms with Crippen LogP contribution in [0.25, 0.3) is 11.1 Å². The first-order chi connectivity index (χ1) is 18.4. The Morgan fingerprint density at radius 2 is 1.82 bits per heavy atom. The fourth-order valence-corrected chi connectivity index (χ4v) is 6.88. The van der Waals surface area contributed by atoms with Gasteiger partial charge in [0.25, 0.3) is 5.91 Å². The molecule has 0 heterocycles. The first-order valence-electron chi connectivity index (χ1n) is 14.2. The van der Waals surface area contributed by atoms with E-state index in [1.54, 1.807) is 11.8 Å². The number of aryl methyl sites for hydroxylation is 1. The van der Waals surface area contributed by atoms with E-state index in [-0.39, 0.29) is 26.2 Å². The molecule has 2 N–H and O–H groups in total. The summed E-state index contributed by atoms with van der Waals surface area (Å²) in [6, 6.07) is 13.4. The SMILES string of the molecule is CCSCC(CCC1CCCCC1)Cc1ccc(C(=O)N[C@@H](CCSC)C(=O)O)c(-c2ccccc2C)c1.[H-].[Li+]. The second-order valence-electron chi connectivity index (χ2n) is 10.7. The Morgan fingerprint density at radius 1 is 1.08 bits per heavy atom. The van der Waals surface area contributed by atoms with Gasteiger partial charge in [0.2, 0.25) is 0 Å². The molecule has 1 unspecified atom stereocenters. The fourth-order valence-electron chi connectivity index (χ4n) is 5.55. The van der Waals surface area contributed by atoms with Gasteiger partial charge >= 0.3 is 24.8 Å². The van der Waals surface area contributed by atoms with Gasteiger partial charge in [-0.15, -0.1) is 0 Å². The van der Waals surface area contributed by atoms with Crippen molar-refractivity contribution in [2.75, 3.05) is 23.5 Å². The minimum Gasteiger partial charge on any atom is -1.00 e. The normalized spacial score (nSPS) is 15.3. The Hall–Kier alpha value is -1.32. The average Bonchev–Trinajstić information content (AvgIpc) is 2.93. The number of rotatable bonds is 15. The van der Waals surface area contributed by atoms with E-state index in [9.17, 15) is 14.7 Å². The van der Waals surface area contributed by atoms with Crippen molar-refractivity contribution in [1.29, 1.82) is 0 Å². The molecule has 0 aromatic heterocycles. The first kappa shape index (κ1) is 33.9. The van der Waals surface area contributed by atoms with Gasteiger partial charge in [-0.05, 0) is 89.9 Å². The molecule has 0 spiro atoms. The third kappa shape index (κ3) is 10.9. The van der Waals surface area contributed by atoms with Crippen LogP contribution in [0.15, 0.2) is 42.5 Å². The van der Waals surface area contributed by atoms with Gasteiger partial charge in [-0.1, -0.05) is 81.8 Å². The maximum Gasteiger partial charge on any atom is 1.00 e. The number of amides is 1. The summed E-state index contributed by atoms with van der Waals surface area (Å²) >= 11 is 3.61. The molecule has 1 amide bonds. The van der Waals surface area contributed by atoms with Crippen molar-refractivity contribution >= 4 is 35.4 Å². The van der Waals surface area contributed by atoms with Crippen LogP contribution in [0.1, 0.15) is 81.2 Å². The van der Waals surface area contributed by atoms with Crippen LogP contribution >= 0.6 is 23.5 Å². The van der Waals surface area contributed by atoms with E-state index in [1.165, 1.54) is 56.3 Å². The van der Waals surface area contributed by atoms with Crippen molar-refractivity contribution in [3.05, 3.63) is 59.2 Å². The number of carboxylic acids is 1. The Kier molecular flexibility index (Phi) is 15.8. The summed E-state index contributed by atoms with van der Waals surface area (Å²) in [7, 11) is 0. The summed E-state index contributed by atoms with van der Waals surface area (Å²) < 4.78 is 0. The van der Waals surface area contributed by atoms with Gasteiger partial charge in [0.05, 0.1) is 0 Å². The number of hydrogen-bond acceptors (Lipinski definition) is 4. The minimum absolute atomic E-state index is 0. The molecule has 1 saturated carbocycles. The van der Waals surface area contributed by atoms with E-state index in [4.69, 9.17) is 0 Å². The predicted octanol–water partition coefficient (Wildman–Crippen LogP) is 4.99. The number of hydrogen-bond donors (Lipinski definition) is 2. The molecule has 4 nitrogen and oxygen atoms in total. The summed E-state index contributed by atoms with van der Waals surface area (Å²) in [5, 5.41) is 12.4. The summed E-state index contributed by atoms with van der Waals surface area (Å²) in [6.07, 6.45) is 12.9.